The zero-order chi connectivity index (χ0) is 16.9. The number of nitrogens with one attached hydrogen (secondary N) is 1. The predicted octanol–water partition coefficient (Wildman–Crippen LogP) is 4.25. The Kier molecular flexibility index (Phi) is 5.55. The van der Waals surface area contributed by atoms with Crippen LogP contribution in [0, 0.1) is 0 Å². The lowest BCUT2D eigenvalue weighted by Crippen LogP contribution is -2.30. The number of benzene rings is 1. The van der Waals surface area contributed by atoms with Gasteiger partial charge in [-0.3, -0.25) is 4.79 Å². The van der Waals surface area contributed by atoms with Gasteiger partial charge in [0.15, 0.2) is 0 Å². The molecule has 24 heavy (non-hydrogen) atoms. The number of rotatable bonds is 6. The second-order valence-electron chi connectivity index (χ2n) is 4.92. The van der Waals surface area contributed by atoms with Crippen LogP contribution in [0.5, 0.6) is 0 Å². The first-order valence-corrected chi connectivity index (χ1v) is 9.32. The van der Waals surface area contributed by atoms with E-state index in [2.05, 4.69) is 15.5 Å². The van der Waals surface area contributed by atoms with Gasteiger partial charge in [-0.1, -0.05) is 22.8 Å². The third-order valence-electron chi connectivity index (χ3n) is 3.12. The molecule has 1 atom stereocenters. The van der Waals surface area contributed by atoms with Crippen molar-refractivity contribution in [2.75, 3.05) is 0 Å². The molecule has 8 heteroatoms. The number of aromatic nitrogens is 2. The molecule has 3 rings (SSSR count). The quantitative estimate of drug-likeness (QED) is 0.648. The van der Waals surface area contributed by atoms with E-state index in [0.29, 0.717) is 16.7 Å². The van der Waals surface area contributed by atoms with Gasteiger partial charge in [0.1, 0.15) is 0 Å². The van der Waals surface area contributed by atoms with Crippen molar-refractivity contribution >= 4 is 40.6 Å². The number of amides is 1. The number of carbonyl (C=O) groups is 1. The molecule has 0 saturated carbocycles. The Bertz CT molecular complexity index is 803. The molecule has 0 saturated heterocycles. The lowest BCUT2D eigenvalue weighted by molar-refractivity contribution is -0.120. The first kappa shape index (κ1) is 17.0. The van der Waals surface area contributed by atoms with Crippen molar-refractivity contribution in [2.24, 2.45) is 0 Å². The largest absolute Gasteiger partial charge is 0.346 e. The van der Waals surface area contributed by atoms with Gasteiger partial charge in [-0.05, 0) is 42.6 Å². The molecule has 0 bridgehead atoms. The minimum Gasteiger partial charge on any atom is -0.346 e. The van der Waals surface area contributed by atoms with Gasteiger partial charge >= 0.3 is 0 Å². The van der Waals surface area contributed by atoms with Gasteiger partial charge in [0, 0.05) is 9.92 Å². The molecule has 0 fully saturated rings. The topological polar surface area (TPSA) is 68.0 Å². The maximum absolute atomic E-state index is 12.2. The molecule has 1 amide bonds. The summed E-state index contributed by atoms with van der Waals surface area (Å²) in [5.74, 6) is 0.833. The second-order valence-corrected chi connectivity index (χ2v) is 7.72. The zero-order valence-corrected chi connectivity index (χ0v) is 15.1. The zero-order valence-electron chi connectivity index (χ0n) is 12.7. The van der Waals surface area contributed by atoms with E-state index in [-0.39, 0.29) is 17.7 Å². The van der Waals surface area contributed by atoms with Crippen LogP contribution in [0.25, 0.3) is 10.7 Å². The molecule has 0 radical (unpaired) electrons. The molecular weight excluding hydrogens is 366 g/mol. The van der Waals surface area contributed by atoms with E-state index < -0.39 is 0 Å². The molecule has 0 aliphatic carbocycles. The SMILES string of the molecule is C[C@H](Sc1ccc(Cl)cc1)C(=O)NCc1nc(-c2cccs2)no1. The molecule has 1 N–H and O–H groups in total. The molecule has 0 aliphatic rings. The average Bonchev–Trinajstić information content (AvgIpc) is 3.25. The van der Waals surface area contributed by atoms with Crippen LogP contribution in [0.4, 0.5) is 0 Å². The van der Waals surface area contributed by atoms with Crippen LogP contribution in [0.3, 0.4) is 0 Å². The Morgan fingerprint density at radius 1 is 1.38 bits per heavy atom. The Hall–Kier alpha value is -1.83. The minimum absolute atomic E-state index is 0.0918. The molecule has 0 unspecified atom stereocenters. The van der Waals surface area contributed by atoms with Gasteiger partial charge in [0.2, 0.25) is 17.6 Å². The van der Waals surface area contributed by atoms with E-state index in [4.69, 9.17) is 16.1 Å². The van der Waals surface area contributed by atoms with Crippen LogP contribution in [-0.2, 0) is 11.3 Å². The van der Waals surface area contributed by atoms with E-state index in [0.717, 1.165) is 9.77 Å². The third-order valence-corrected chi connectivity index (χ3v) is 5.35. The van der Waals surface area contributed by atoms with Crippen LogP contribution in [0.1, 0.15) is 12.8 Å². The summed E-state index contributed by atoms with van der Waals surface area (Å²) in [5, 5.41) is 9.10. The van der Waals surface area contributed by atoms with Crippen molar-refractivity contribution in [3.63, 3.8) is 0 Å². The number of nitrogens with zero attached hydrogens (tertiary/aromatic N) is 2. The van der Waals surface area contributed by atoms with Gasteiger partial charge in [0.05, 0.1) is 16.7 Å². The second kappa shape index (κ2) is 7.83. The van der Waals surface area contributed by atoms with Crippen molar-refractivity contribution in [3.05, 3.63) is 52.7 Å². The van der Waals surface area contributed by atoms with Crippen molar-refractivity contribution in [1.82, 2.24) is 15.5 Å². The molecule has 0 spiro atoms. The third kappa shape index (κ3) is 4.37. The molecule has 2 aromatic heterocycles. The van der Waals surface area contributed by atoms with E-state index in [1.54, 1.807) is 12.1 Å². The van der Waals surface area contributed by atoms with Crippen molar-refractivity contribution in [1.29, 1.82) is 0 Å². The molecule has 2 heterocycles. The molecule has 5 nitrogen and oxygen atoms in total. The Morgan fingerprint density at radius 3 is 2.88 bits per heavy atom. The van der Waals surface area contributed by atoms with Gasteiger partial charge in [-0.2, -0.15) is 4.98 Å². The summed E-state index contributed by atoms with van der Waals surface area (Å²) in [5.41, 5.74) is 0. The normalized spacial score (nSPS) is 12.1. The van der Waals surface area contributed by atoms with Crippen molar-refractivity contribution < 1.29 is 9.32 Å². The minimum atomic E-state index is -0.245. The molecule has 1 aromatic carbocycles. The monoisotopic (exact) mass is 379 g/mol. The lowest BCUT2D eigenvalue weighted by Gasteiger charge is -2.10. The van der Waals surface area contributed by atoms with Crippen LogP contribution < -0.4 is 5.32 Å². The molecule has 3 aromatic rings. The van der Waals surface area contributed by atoms with Gasteiger partial charge < -0.3 is 9.84 Å². The smallest absolute Gasteiger partial charge is 0.246 e. The number of thioether (sulfide) groups is 1. The summed E-state index contributed by atoms with van der Waals surface area (Å²) in [6.45, 7) is 2.06. The highest BCUT2D eigenvalue weighted by Crippen LogP contribution is 2.25. The number of halogens is 1. The standard InChI is InChI=1S/C16H14ClN3O2S2/c1-10(24-12-6-4-11(17)5-7-12)16(21)18-9-14-19-15(20-22-14)13-3-2-8-23-13/h2-8,10H,9H2,1H3,(H,18,21)/t10-/m0/s1. The molecular formula is C16H14ClN3O2S2. The average molecular weight is 380 g/mol. The van der Waals surface area contributed by atoms with Gasteiger partial charge in [0.25, 0.3) is 0 Å². The Labute approximate surface area is 152 Å². The summed E-state index contributed by atoms with van der Waals surface area (Å²) in [6.07, 6.45) is 0. The molecule has 0 aliphatic heterocycles. The van der Waals surface area contributed by atoms with E-state index in [9.17, 15) is 4.79 Å². The Balaban J connectivity index is 1.52. The first-order chi connectivity index (χ1) is 11.6. The predicted molar refractivity (Wildman–Crippen MR) is 96.2 cm³/mol. The van der Waals surface area contributed by atoms with Gasteiger partial charge in [-0.15, -0.1) is 23.1 Å². The molecule has 124 valence electrons. The summed E-state index contributed by atoms with van der Waals surface area (Å²) in [4.78, 5) is 18.4. The fourth-order valence-electron chi connectivity index (χ4n) is 1.91. The summed E-state index contributed by atoms with van der Waals surface area (Å²) < 4.78 is 5.16. The van der Waals surface area contributed by atoms with Crippen LogP contribution in [0.15, 0.2) is 51.2 Å². The number of hydrogen-bond donors (Lipinski definition) is 1. The lowest BCUT2D eigenvalue weighted by atomic mass is 10.4. The fourth-order valence-corrected chi connectivity index (χ4v) is 3.58. The van der Waals surface area contributed by atoms with E-state index >= 15 is 0 Å². The summed E-state index contributed by atoms with van der Waals surface area (Å²) in [6, 6.07) is 11.2. The van der Waals surface area contributed by atoms with Crippen LogP contribution >= 0.6 is 34.7 Å². The van der Waals surface area contributed by atoms with Crippen molar-refractivity contribution in [3.8, 4) is 10.7 Å². The summed E-state index contributed by atoms with van der Waals surface area (Å²) in [7, 11) is 0. The number of carbonyl (C=O) groups excluding carboxylic acids is 1. The number of hydrogen-bond acceptors (Lipinski definition) is 6. The Morgan fingerprint density at radius 2 is 2.17 bits per heavy atom. The highest BCUT2D eigenvalue weighted by Gasteiger charge is 2.16. The first-order valence-electron chi connectivity index (χ1n) is 7.18. The van der Waals surface area contributed by atoms with Crippen LogP contribution in [-0.4, -0.2) is 21.3 Å². The van der Waals surface area contributed by atoms with Crippen LogP contribution in [0.2, 0.25) is 5.02 Å². The fraction of sp³-hybridized carbons (Fsp3) is 0.188. The van der Waals surface area contributed by atoms with Crippen molar-refractivity contribution in [2.45, 2.75) is 23.6 Å². The summed E-state index contributed by atoms with van der Waals surface area (Å²) >= 11 is 8.86. The highest BCUT2D eigenvalue weighted by molar-refractivity contribution is 8.00. The maximum Gasteiger partial charge on any atom is 0.246 e. The van der Waals surface area contributed by atoms with Gasteiger partial charge in [-0.25, -0.2) is 0 Å². The highest BCUT2D eigenvalue weighted by atomic mass is 35.5. The van der Waals surface area contributed by atoms with E-state index in [1.807, 2.05) is 36.6 Å². The number of thiophene rings is 1. The maximum atomic E-state index is 12.2. The van der Waals surface area contributed by atoms with E-state index in [1.165, 1.54) is 23.1 Å².